The molecule has 1 amide bonds. The van der Waals surface area contributed by atoms with Gasteiger partial charge in [0.25, 0.3) is 15.9 Å². The van der Waals surface area contributed by atoms with Gasteiger partial charge in [0.2, 0.25) is 0 Å². The molecule has 7 heteroatoms. The van der Waals surface area contributed by atoms with Gasteiger partial charge >= 0.3 is 0 Å². The Balaban J connectivity index is 1.78. The highest BCUT2D eigenvalue weighted by molar-refractivity contribution is 7.92. The van der Waals surface area contributed by atoms with Crippen molar-refractivity contribution in [2.24, 2.45) is 0 Å². The lowest BCUT2D eigenvalue weighted by Gasteiger charge is -2.13. The molecule has 0 aliphatic heterocycles. The number of carbonyl (C=O) groups is 1. The van der Waals surface area contributed by atoms with Gasteiger partial charge in [-0.25, -0.2) is 8.42 Å². The van der Waals surface area contributed by atoms with Gasteiger partial charge in [-0.1, -0.05) is 36.4 Å². The molecule has 0 heterocycles. The number of anilines is 1. The third kappa shape index (κ3) is 4.99. The molecule has 30 heavy (non-hydrogen) atoms. The number of sulfonamides is 1. The third-order valence-corrected chi connectivity index (χ3v) is 6.25. The van der Waals surface area contributed by atoms with Crippen molar-refractivity contribution < 1.29 is 17.9 Å². The number of para-hydroxylation sites is 1. The topological polar surface area (TPSA) is 84.5 Å². The first kappa shape index (κ1) is 21.4. The van der Waals surface area contributed by atoms with Crippen LogP contribution in [0.15, 0.2) is 71.6 Å². The van der Waals surface area contributed by atoms with Gasteiger partial charge in [-0.15, -0.1) is 0 Å². The van der Waals surface area contributed by atoms with Crippen LogP contribution in [0.25, 0.3) is 0 Å². The Labute approximate surface area is 177 Å². The number of methoxy groups -OCH3 is 1. The summed E-state index contributed by atoms with van der Waals surface area (Å²) in [7, 11) is -2.25. The summed E-state index contributed by atoms with van der Waals surface area (Å²) >= 11 is 0. The number of amides is 1. The summed E-state index contributed by atoms with van der Waals surface area (Å²) in [6.07, 6.45) is 0. The molecule has 0 saturated heterocycles. The zero-order valence-electron chi connectivity index (χ0n) is 17.1. The summed E-state index contributed by atoms with van der Waals surface area (Å²) in [5, 5.41) is 2.81. The summed E-state index contributed by atoms with van der Waals surface area (Å²) in [6, 6.07) is 19.1. The molecule has 0 aliphatic rings. The molecule has 0 fully saturated rings. The minimum atomic E-state index is -3.84. The van der Waals surface area contributed by atoms with E-state index in [0.29, 0.717) is 17.8 Å². The van der Waals surface area contributed by atoms with E-state index in [2.05, 4.69) is 10.0 Å². The molecule has 0 atom stereocenters. The first-order chi connectivity index (χ1) is 14.3. The highest BCUT2D eigenvalue weighted by Gasteiger charge is 2.20. The van der Waals surface area contributed by atoms with Crippen molar-refractivity contribution in [1.82, 2.24) is 5.32 Å². The van der Waals surface area contributed by atoms with Crippen molar-refractivity contribution in [1.29, 1.82) is 0 Å². The molecule has 6 nitrogen and oxygen atoms in total. The minimum Gasteiger partial charge on any atom is -0.497 e. The number of hydrogen-bond acceptors (Lipinski definition) is 4. The fourth-order valence-corrected chi connectivity index (χ4v) is 4.35. The molecule has 0 unspecified atom stereocenters. The summed E-state index contributed by atoms with van der Waals surface area (Å²) in [4.78, 5) is 12.7. The van der Waals surface area contributed by atoms with E-state index in [4.69, 9.17) is 4.74 Å². The summed E-state index contributed by atoms with van der Waals surface area (Å²) in [5.41, 5.74) is 3.06. The molecular weight excluding hydrogens is 400 g/mol. The van der Waals surface area contributed by atoms with E-state index in [0.717, 1.165) is 16.9 Å². The Kier molecular flexibility index (Phi) is 6.42. The van der Waals surface area contributed by atoms with E-state index < -0.39 is 10.0 Å². The lowest BCUT2D eigenvalue weighted by molar-refractivity contribution is 0.0950. The standard InChI is InChI=1S/C23H24N2O4S/c1-16-6-4-5-7-21(16)25-30(27,28)22-14-19(11-8-17(22)2)23(26)24-15-18-9-12-20(29-3)13-10-18/h4-14,25H,15H2,1-3H3,(H,24,26). The van der Waals surface area contributed by atoms with Crippen LogP contribution >= 0.6 is 0 Å². The predicted molar refractivity (Wildman–Crippen MR) is 117 cm³/mol. The van der Waals surface area contributed by atoms with Crippen LogP contribution in [0, 0.1) is 13.8 Å². The Morgan fingerprint density at radius 1 is 0.933 bits per heavy atom. The minimum absolute atomic E-state index is 0.0721. The van der Waals surface area contributed by atoms with Crippen LogP contribution in [0.5, 0.6) is 5.75 Å². The molecule has 0 bridgehead atoms. The number of hydrogen-bond donors (Lipinski definition) is 2. The van der Waals surface area contributed by atoms with E-state index in [9.17, 15) is 13.2 Å². The third-order valence-electron chi connectivity index (χ3n) is 4.74. The number of rotatable bonds is 7. The number of ether oxygens (including phenoxy) is 1. The van der Waals surface area contributed by atoms with E-state index in [1.807, 2.05) is 43.3 Å². The number of aryl methyl sites for hydroxylation is 2. The zero-order valence-corrected chi connectivity index (χ0v) is 17.9. The first-order valence-electron chi connectivity index (χ1n) is 9.40. The van der Waals surface area contributed by atoms with Crippen molar-refractivity contribution in [3.05, 3.63) is 89.0 Å². The van der Waals surface area contributed by atoms with Gasteiger partial charge in [0.15, 0.2) is 0 Å². The molecule has 0 spiro atoms. The number of benzene rings is 3. The van der Waals surface area contributed by atoms with Crippen LogP contribution in [-0.2, 0) is 16.6 Å². The van der Waals surface area contributed by atoms with Gasteiger partial charge in [-0.2, -0.15) is 0 Å². The quantitative estimate of drug-likeness (QED) is 0.599. The highest BCUT2D eigenvalue weighted by Crippen LogP contribution is 2.23. The maximum atomic E-state index is 12.9. The maximum absolute atomic E-state index is 12.9. The zero-order chi connectivity index (χ0) is 21.7. The van der Waals surface area contributed by atoms with Crippen molar-refractivity contribution in [3.63, 3.8) is 0 Å². The molecule has 156 valence electrons. The average Bonchev–Trinajstić information content (AvgIpc) is 2.74. The van der Waals surface area contributed by atoms with Crippen molar-refractivity contribution in [3.8, 4) is 5.75 Å². The summed E-state index contributed by atoms with van der Waals surface area (Å²) in [6.45, 7) is 3.85. The van der Waals surface area contributed by atoms with Crippen LogP contribution in [0.1, 0.15) is 27.0 Å². The normalized spacial score (nSPS) is 11.0. The second-order valence-electron chi connectivity index (χ2n) is 6.93. The van der Waals surface area contributed by atoms with Crippen LogP contribution in [0.4, 0.5) is 5.69 Å². The second-order valence-corrected chi connectivity index (χ2v) is 8.58. The molecule has 2 N–H and O–H groups in total. The van der Waals surface area contributed by atoms with Crippen LogP contribution in [-0.4, -0.2) is 21.4 Å². The Morgan fingerprint density at radius 2 is 1.63 bits per heavy atom. The van der Waals surface area contributed by atoms with Crippen molar-refractivity contribution >= 4 is 21.6 Å². The highest BCUT2D eigenvalue weighted by atomic mass is 32.2. The van der Waals surface area contributed by atoms with Gasteiger partial charge < -0.3 is 10.1 Å². The predicted octanol–water partition coefficient (Wildman–Crippen LogP) is 4.04. The van der Waals surface area contributed by atoms with E-state index in [1.165, 1.54) is 6.07 Å². The van der Waals surface area contributed by atoms with Gasteiger partial charge in [0.05, 0.1) is 17.7 Å². The van der Waals surface area contributed by atoms with E-state index in [-0.39, 0.29) is 16.4 Å². The molecule has 0 aromatic heterocycles. The average molecular weight is 425 g/mol. The van der Waals surface area contributed by atoms with Gasteiger partial charge in [0, 0.05) is 12.1 Å². The van der Waals surface area contributed by atoms with Crippen molar-refractivity contribution in [2.45, 2.75) is 25.3 Å². The van der Waals surface area contributed by atoms with Gasteiger partial charge in [-0.05, 0) is 60.9 Å². The van der Waals surface area contributed by atoms with E-state index in [1.54, 1.807) is 38.3 Å². The van der Waals surface area contributed by atoms with E-state index >= 15 is 0 Å². The molecule has 0 radical (unpaired) electrons. The van der Waals surface area contributed by atoms with Crippen LogP contribution in [0.3, 0.4) is 0 Å². The summed E-state index contributed by atoms with van der Waals surface area (Å²) < 4.78 is 33.6. The second kappa shape index (κ2) is 9.00. The van der Waals surface area contributed by atoms with Gasteiger partial charge in [-0.3, -0.25) is 9.52 Å². The summed E-state index contributed by atoms with van der Waals surface area (Å²) in [5.74, 6) is 0.387. The molecule has 3 aromatic rings. The van der Waals surface area contributed by atoms with Crippen LogP contribution in [0.2, 0.25) is 0 Å². The molecule has 3 rings (SSSR count). The first-order valence-corrected chi connectivity index (χ1v) is 10.9. The molecular formula is C23H24N2O4S. The fourth-order valence-electron chi connectivity index (χ4n) is 2.95. The van der Waals surface area contributed by atoms with Gasteiger partial charge in [0.1, 0.15) is 5.75 Å². The lowest BCUT2D eigenvalue weighted by atomic mass is 10.1. The lowest BCUT2D eigenvalue weighted by Crippen LogP contribution is -2.23. The SMILES string of the molecule is COc1ccc(CNC(=O)c2ccc(C)c(S(=O)(=O)Nc3ccccc3C)c2)cc1. The number of carbonyl (C=O) groups excluding carboxylic acids is 1. The molecule has 3 aromatic carbocycles. The fraction of sp³-hybridized carbons (Fsp3) is 0.174. The monoisotopic (exact) mass is 424 g/mol. The Bertz CT molecular complexity index is 1160. The van der Waals surface area contributed by atoms with Crippen molar-refractivity contribution in [2.75, 3.05) is 11.8 Å². The maximum Gasteiger partial charge on any atom is 0.262 e. The number of nitrogens with one attached hydrogen (secondary N) is 2. The smallest absolute Gasteiger partial charge is 0.262 e. The molecule has 0 aliphatic carbocycles. The Hall–Kier alpha value is -3.32. The Morgan fingerprint density at radius 3 is 2.30 bits per heavy atom. The van der Waals surface area contributed by atoms with Crippen LogP contribution < -0.4 is 14.8 Å². The molecule has 0 saturated carbocycles. The largest absolute Gasteiger partial charge is 0.497 e.